The van der Waals surface area contributed by atoms with Crippen LogP contribution < -0.4 is 5.56 Å². The number of hydrogen-bond acceptors (Lipinski definition) is 5. The molecular weight excluding hydrogens is 282 g/mol. The van der Waals surface area contributed by atoms with Crippen LogP contribution in [0, 0.1) is 0 Å². The molecule has 3 rings (SSSR count). The fourth-order valence-electron chi connectivity index (χ4n) is 1.30. The molecule has 2 heterocycles. The summed E-state index contributed by atoms with van der Waals surface area (Å²) in [6.45, 7) is 1.36. The summed E-state index contributed by atoms with van der Waals surface area (Å²) in [5, 5.41) is 0. The van der Waals surface area contributed by atoms with Gasteiger partial charge in [-0.15, -0.1) is 0 Å². The molecule has 114 valence electrons. The van der Waals surface area contributed by atoms with Gasteiger partial charge in [0.05, 0.1) is 24.3 Å². The minimum atomic E-state index is -0.245. The average Bonchev–Trinajstić information content (AvgIpc) is 2.57. The van der Waals surface area contributed by atoms with E-state index in [1.54, 1.807) is 12.4 Å². The summed E-state index contributed by atoms with van der Waals surface area (Å²) in [7, 11) is 1.35. The van der Waals surface area contributed by atoms with Crippen LogP contribution in [0.3, 0.4) is 0 Å². The van der Waals surface area contributed by atoms with Gasteiger partial charge in [-0.05, 0) is 24.3 Å². The van der Waals surface area contributed by atoms with Crippen molar-refractivity contribution >= 4 is 17.0 Å². The fraction of sp³-hybridized carbons (Fsp3) is 0.125. The summed E-state index contributed by atoms with van der Waals surface area (Å²) in [4.78, 5) is 30.7. The molecule has 6 heteroatoms. The number of aromatic amines is 1. The zero-order valence-corrected chi connectivity index (χ0v) is 12.4. The van der Waals surface area contributed by atoms with E-state index >= 15 is 0 Å². The zero-order chi connectivity index (χ0) is 16.2. The van der Waals surface area contributed by atoms with Crippen molar-refractivity contribution in [3.8, 4) is 0 Å². The normalized spacial score (nSPS) is 8.82. The van der Waals surface area contributed by atoms with E-state index in [9.17, 15) is 9.59 Å². The molecular formula is C16H17N3O3. The number of ether oxygens (including phenoxy) is 1. The number of carbonyl (C=O) groups excluding carboxylic acids is 1. The average molecular weight is 299 g/mol. The van der Waals surface area contributed by atoms with Crippen LogP contribution in [0.25, 0.3) is 11.0 Å². The van der Waals surface area contributed by atoms with Crippen LogP contribution in [0.1, 0.15) is 6.92 Å². The van der Waals surface area contributed by atoms with Gasteiger partial charge in [0.2, 0.25) is 0 Å². The molecule has 0 aliphatic rings. The van der Waals surface area contributed by atoms with Gasteiger partial charge in [-0.25, -0.2) is 4.98 Å². The number of aromatic nitrogens is 3. The Morgan fingerprint density at radius 1 is 1.09 bits per heavy atom. The van der Waals surface area contributed by atoms with E-state index in [-0.39, 0.29) is 11.5 Å². The van der Waals surface area contributed by atoms with Crippen LogP contribution in [-0.4, -0.2) is 28.0 Å². The molecule has 0 saturated carbocycles. The quantitative estimate of drug-likeness (QED) is 0.643. The summed E-state index contributed by atoms with van der Waals surface area (Å²) in [6, 6.07) is 13.1. The summed E-state index contributed by atoms with van der Waals surface area (Å²) >= 11 is 0. The molecule has 1 N–H and O–H groups in total. The first-order chi connectivity index (χ1) is 10.6. The number of para-hydroxylation sites is 2. The fourth-order valence-corrected chi connectivity index (χ4v) is 1.30. The Hall–Kier alpha value is -3.02. The smallest absolute Gasteiger partial charge is 0.302 e. The highest BCUT2D eigenvalue weighted by Crippen LogP contribution is 2.02. The molecule has 0 saturated heterocycles. The molecule has 0 bridgehead atoms. The van der Waals surface area contributed by atoms with Crippen molar-refractivity contribution in [2.75, 3.05) is 7.11 Å². The summed E-state index contributed by atoms with van der Waals surface area (Å²) in [5.41, 5.74) is 1.43. The van der Waals surface area contributed by atoms with Gasteiger partial charge in [0, 0.05) is 19.3 Å². The highest BCUT2D eigenvalue weighted by atomic mass is 16.5. The molecule has 22 heavy (non-hydrogen) atoms. The third-order valence-electron chi connectivity index (χ3n) is 2.34. The molecule has 6 nitrogen and oxygen atoms in total. The first kappa shape index (κ1) is 17.0. The van der Waals surface area contributed by atoms with Crippen LogP contribution in [0.2, 0.25) is 0 Å². The van der Waals surface area contributed by atoms with Crippen LogP contribution >= 0.6 is 0 Å². The van der Waals surface area contributed by atoms with Crippen molar-refractivity contribution in [3.63, 3.8) is 0 Å². The van der Waals surface area contributed by atoms with Gasteiger partial charge in [-0.3, -0.25) is 14.6 Å². The summed E-state index contributed by atoms with van der Waals surface area (Å²) in [6.07, 6.45) is 4.78. The van der Waals surface area contributed by atoms with E-state index in [1.165, 1.54) is 20.2 Å². The van der Waals surface area contributed by atoms with Gasteiger partial charge in [-0.1, -0.05) is 18.2 Å². The number of methoxy groups -OCH3 is 1. The SMILES string of the molecule is COC(C)=O.O=c1cnc2ccccc2[nH]1.c1ccncc1. The Balaban J connectivity index is 0.000000187. The van der Waals surface area contributed by atoms with Crippen molar-refractivity contribution in [1.82, 2.24) is 15.0 Å². The number of nitrogens with zero attached hydrogens (tertiary/aromatic N) is 2. The number of hydrogen-bond donors (Lipinski definition) is 1. The molecule has 0 fully saturated rings. The maximum atomic E-state index is 10.8. The molecule has 0 aliphatic carbocycles. The highest BCUT2D eigenvalue weighted by molar-refractivity contribution is 5.72. The van der Waals surface area contributed by atoms with Gasteiger partial charge in [0.15, 0.2) is 0 Å². The minimum absolute atomic E-state index is 0.163. The number of H-pyrrole nitrogens is 1. The lowest BCUT2D eigenvalue weighted by Gasteiger charge is -1.92. The predicted molar refractivity (Wildman–Crippen MR) is 84.3 cm³/mol. The number of fused-ring (bicyclic) bond motifs is 1. The van der Waals surface area contributed by atoms with Crippen LogP contribution in [-0.2, 0) is 9.53 Å². The largest absolute Gasteiger partial charge is 0.469 e. The lowest BCUT2D eigenvalue weighted by Crippen LogP contribution is -2.04. The Morgan fingerprint density at radius 3 is 2.23 bits per heavy atom. The topological polar surface area (TPSA) is 84.9 Å². The van der Waals surface area contributed by atoms with Crippen LogP contribution in [0.15, 0.2) is 65.8 Å². The van der Waals surface area contributed by atoms with Crippen molar-refractivity contribution in [1.29, 1.82) is 0 Å². The van der Waals surface area contributed by atoms with Crippen molar-refractivity contribution in [2.24, 2.45) is 0 Å². The maximum Gasteiger partial charge on any atom is 0.302 e. The van der Waals surface area contributed by atoms with Crippen LogP contribution in [0.5, 0.6) is 0 Å². The zero-order valence-electron chi connectivity index (χ0n) is 12.4. The van der Waals surface area contributed by atoms with Gasteiger partial charge in [0.25, 0.3) is 5.56 Å². The Bertz CT molecular complexity index is 715. The molecule has 0 atom stereocenters. The number of carbonyl (C=O) groups is 1. The highest BCUT2D eigenvalue weighted by Gasteiger charge is 1.90. The van der Waals surface area contributed by atoms with Gasteiger partial charge in [0.1, 0.15) is 0 Å². The van der Waals surface area contributed by atoms with E-state index in [1.807, 2.05) is 42.5 Å². The van der Waals surface area contributed by atoms with E-state index in [4.69, 9.17) is 0 Å². The molecule has 0 spiro atoms. The molecule has 1 aromatic carbocycles. The number of esters is 1. The Morgan fingerprint density at radius 2 is 1.73 bits per heavy atom. The van der Waals surface area contributed by atoms with E-state index < -0.39 is 0 Å². The first-order valence-electron chi connectivity index (χ1n) is 6.47. The number of benzene rings is 1. The van der Waals surface area contributed by atoms with Gasteiger partial charge < -0.3 is 9.72 Å². The second-order valence-corrected chi connectivity index (χ2v) is 3.98. The lowest BCUT2D eigenvalue weighted by molar-refractivity contribution is -0.137. The van der Waals surface area contributed by atoms with Gasteiger partial charge in [-0.2, -0.15) is 0 Å². The monoisotopic (exact) mass is 299 g/mol. The van der Waals surface area contributed by atoms with E-state index in [0.717, 1.165) is 11.0 Å². The minimum Gasteiger partial charge on any atom is -0.469 e. The van der Waals surface area contributed by atoms with E-state index in [2.05, 4.69) is 19.7 Å². The predicted octanol–water partition coefficient (Wildman–Crippen LogP) is 2.18. The Labute approximate surface area is 127 Å². The maximum absolute atomic E-state index is 10.8. The summed E-state index contributed by atoms with van der Waals surface area (Å²) in [5.74, 6) is -0.245. The standard InChI is InChI=1S/C8H6N2O.C5H5N.C3H6O2/c11-8-5-9-6-3-1-2-4-7(6)10-8;1-2-4-6-5-3-1;1-3(4)5-2/h1-5H,(H,10,11);1-5H;1-2H3. The van der Waals surface area contributed by atoms with Gasteiger partial charge >= 0.3 is 5.97 Å². The number of rotatable bonds is 0. The lowest BCUT2D eigenvalue weighted by atomic mass is 10.3. The number of pyridine rings is 1. The van der Waals surface area contributed by atoms with E-state index in [0.29, 0.717) is 0 Å². The molecule has 2 aromatic heterocycles. The number of nitrogens with one attached hydrogen (secondary N) is 1. The van der Waals surface area contributed by atoms with Crippen molar-refractivity contribution in [2.45, 2.75) is 6.92 Å². The molecule has 3 aromatic rings. The van der Waals surface area contributed by atoms with Crippen LogP contribution in [0.4, 0.5) is 0 Å². The summed E-state index contributed by atoms with van der Waals surface area (Å²) < 4.78 is 4.11. The second-order valence-electron chi connectivity index (χ2n) is 3.98. The van der Waals surface area contributed by atoms with Crippen molar-refractivity contribution in [3.05, 3.63) is 71.4 Å². The second kappa shape index (κ2) is 9.82. The molecule has 0 amide bonds. The molecule has 0 radical (unpaired) electrons. The Kier molecular flexibility index (Phi) is 7.60. The third kappa shape index (κ3) is 6.95. The molecule has 0 aliphatic heterocycles. The third-order valence-corrected chi connectivity index (χ3v) is 2.34. The first-order valence-corrected chi connectivity index (χ1v) is 6.47. The van der Waals surface area contributed by atoms with Crippen molar-refractivity contribution < 1.29 is 9.53 Å². The molecule has 0 unspecified atom stereocenters.